The highest BCUT2D eigenvalue weighted by Gasteiger charge is 2.42. The van der Waals surface area contributed by atoms with Crippen LogP contribution < -0.4 is 4.90 Å². The minimum absolute atomic E-state index is 0.0178. The Morgan fingerprint density at radius 3 is 2.32 bits per heavy atom. The second-order valence-corrected chi connectivity index (χ2v) is 13.8. The first-order chi connectivity index (χ1) is 12.6. The highest BCUT2D eigenvalue weighted by Crippen LogP contribution is 2.39. The number of amides is 1. The van der Waals surface area contributed by atoms with Crippen LogP contribution in [0.3, 0.4) is 0 Å². The average molecular weight is 411 g/mol. The molecule has 0 atom stereocenters. The molecule has 0 bridgehead atoms. The molecule has 0 N–H and O–H groups in total. The minimum atomic E-state index is -2.08. The van der Waals surface area contributed by atoms with Crippen LogP contribution in [0.25, 0.3) is 5.76 Å². The molecule has 1 amide bonds. The normalized spacial score (nSPS) is 12.6. The lowest BCUT2D eigenvalue weighted by atomic mass is 10.1. The fraction of sp³-hybridized carbons (Fsp3) is 0.619. The quantitative estimate of drug-likeness (QED) is 0.426. The summed E-state index contributed by atoms with van der Waals surface area (Å²) in [6, 6.07) is 1.49. The molecule has 1 heterocycles. The summed E-state index contributed by atoms with van der Waals surface area (Å²) in [6.07, 6.45) is 1.45. The first-order valence-corrected chi connectivity index (χ1v) is 12.5. The van der Waals surface area contributed by atoms with Crippen molar-refractivity contribution in [3.63, 3.8) is 0 Å². The largest absolute Gasteiger partial charge is 0.494 e. The van der Waals surface area contributed by atoms with Crippen molar-refractivity contribution < 1.29 is 18.3 Å². The van der Waals surface area contributed by atoms with Gasteiger partial charge in [0.1, 0.15) is 5.76 Å². The van der Waals surface area contributed by atoms with Gasteiger partial charge in [0.2, 0.25) is 5.91 Å². The van der Waals surface area contributed by atoms with Gasteiger partial charge in [0, 0.05) is 13.1 Å². The molecule has 0 spiro atoms. The molecular formula is C21H35FN2O3Si. The molecule has 0 aromatic carbocycles. The van der Waals surface area contributed by atoms with E-state index in [-0.39, 0.29) is 34.6 Å². The number of halogens is 1. The Kier molecular flexibility index (Phi) is 7.58. The van der Waals surface area contributed by atoms with Gasteiger partial charge in [-0.05, 0) is 45.0 Å². The molecule has 0 fully saturated rings. The lowest BCUT2D eigenvalue weighted by Gasteiger charge is -2.44. The topological polar surface area (TPSA) is 51.7 Å². The number of hydrogen-bond acceptors (Lipinski definition) is 4. The van der Waals surface area contributed by atoms with Crippen LogP contribution in [0.5, 0.6) is 0 Å². The Bertz CT molecular complexity index is 727. The Morgan fingerprint density at radius 2 is 1.86 bits per heavy atom. The van der Waals surface area contributed by atoms with Gasteiger partial charge in [-0.3, -0.25) is 9.69 Å². The van der Waals surface area contributed by atoms with E-state index < -0.39 is 19.7 Å². The Labute approximate surface area is 170 Å². The van der Waals surface area contributed by atoms with E-state index in [0.717, 1.165) is 0 Å². The van der Waals surface area contributed by atoms with Crippen molar-refractivity contribution in [1.82, 2.24) is 4.98 Å². The van der Waals surface area contributed by atoms with Crippen molar-refractivity contribution >= 4 is 25.8 Å². The van der Waals surface area contributed by atoms with Crippen LogP contribution in [0.2, 0.25) is 18.1 Å². The molecule has 0 unspecified atom stereocenters. The van der Waals surface area contributed by atoms with Crippen LogP contribution >= 0.6 is 0 Å². The van der Waals surface area contributed by atoms with E-state index in [1.54, 1.807) is 6.92 Å². The number of ether oxygens (including phenoxy) is 1. The molecule has 0 aliphatic carbocycles. The summed E-state index contributed by atoms with van der Waals surface area (Å²) >= 11 is 0. The van der Waals surface area contributed by atoms with Crippen molar-refractivity contribution in [2.45, 2.75) is 72.2 Å². The van der Waals surface area contributed by atoms with Crippen LogP contribution in [0.4, 0.5) is 10.2 Å². The van der Waals surface area contributed by atoms with Crippen molar-refractivity contribution in [2.24, 2.45) is 0 Å². The minimum Gasteiger partial charge on any atom is -0.494 e. The van der Waals surface area contributed by atoms with Crippen LogP contribution in [-0.4, -0.2) is 38.0 Å². The van der Waals surface area contributed by atoms with Gasteiger partial charge in [-0.1, -0.05) is 27.4 Å². The van der Waals surface area contributed by atoms with Crippen molar-refractivity contribution in [1.29, 1.82) is 0 Å². The lowest BCUT2D eigenvalue weighted by Crippen LogP contribution is -2.52. The van der Waals surface area contributed by atoms with E-state index in [9.17, 15) is 4.79 Å². The van der Waals surface area contributed by atoms with Crippen LogP contribution in [-0.2, 0) is 14.0 Å². The van der Waals surface area contributed by atoms with Gasteiger partial charge in [-0.15, -0.1) is 0 Å². The molecule has 0 radical (unpaired) electrons. The maximum absolute atomic E-state index is 15.1. The van der Waals surface area contributed by atoms with Crippen molar-refractivity contribution in [3.8, 4) is 0 Å². The van der Waals surface area contributed by atoms with E-state index in [1.807, 2.05) is 13.8 Å². The molecule has 0 aliphatic heterocycles. The van der Waals surface area contributed by atoms with Gasteiger partial charge in [-0.25, -0.2) is 9.37 Å². The molecule has 28 heavy (non-hydrogen) atoms. The number of pyridine rings is 1. The molecule has 1 aromatic rings. The van der Waals surface area contributed by atoms with E-state index >= 15 is 4.39 Å². The van der Waals surface area contributed by atoms with Crippen LogP contribution in [0.15, 0.2) is 18.8 Å². The third kappa shape index (κ3) is 5.88. The molecule has 0 saturated heterocycles. The SMILES string of the molecule is C=C(OCC)c1ccnc(N(CC(C)(C)O[Si](C)(C)C(C)(C)C)C(C)=O)c1F. The molecule has 158 valence electrons. The molecule has 1 aromatic heterocycles. The molecule has 5 nitrogen and oxygen atoms in total. The summed E-state index contributed by atoms with van der Waals surface area (Å²) in [5.74, 6) is -0.765. The predicted octanol–water partition coefficient (Wildman–Crippen LogP) is 5.38. The van der Waals surface area contributed by atoms with E-state index in [2.05, 4.69) is 45.4 Å². The number of rotatable bonds is 8. The maximum atomic E-state index is 15.1. The lowest BCUT2D eigenvalue weighted by molar-refractivity contribution is -0.117. The summed E-state index contributed by atoms with van der Waals surface area (Å²) in [4.78, 5) is 17.8. The second kappa shape index (κ2) is 8.74. The number of hydrogen-bond donors (Lipinski definition) is 0. The number of carbonyl (C=O) groups is 1. The van der Waals surface area contributed by atoms with Gasteiger partial charge in [0.15, 0.2) is 20.0 Å². The summed E-state index contributed by atoms with van der Waals surface area (Å²) in [5.41, 5.74) is -0.475. The third-order valence-electron chi connectivity index (χ3n) is 5.00. The Morgan fingerprint density at radius 1 is 1.29 bits per heavy atom. The molecule has 7 heteroatoms. The zero-order valence-electron chi connectivity index (χ0n) is 18.8. The highest BCUT2D eigenvalue weighted by atomic mass is 28.4. The standard InChI is InChI=1S/C21H35FN2O3Si/c1-11-26-15(2)17-12-13-23-19(18(17)22)24(16(3)25)14-21(7,8)27-28(9,10)20(4,5)6/h12-13H,2,11,14H2,1,3-10H3. The van der Waals surface area contributed by atoms with Crippen molar-refractivity contribution in [2.75, 3.05) is 18.1 Å². The van der Waals surface area contributed by atoms with E-state index in [0.29, 0.717) is 6.61 Å². The fourth-order valence-electron chi connectivity index (χ4n) is 2.68. The molecule has 0 aliphatic rings. The zero-order valence-corrected chi connectivity index (χ0v) is 19.8. The van der Waals surface area contributed by atoms with Gasteiger partial charge in [-0.2, -0.15) is 0 Å². The van der Waals surface area contributed by atoms with Gasteiger partial charge in [0.25, 0.3) is 0 Å². The Balaban J connectivity index is 3.24. The average Bonchev–Trinajstić information content (AvgIpc) is 2.51. The van der Waals surface area contributed by atoms with Gasteiger partial charge < -0.3 is 9.16 Å². The number of anilines is 1. The summed E-state index contributed by atoms with van der Waals surface area (Å²) in [6.45, 7) is 22.1. The fourth-order valence-corrected chi connectivity index (χ4v) is 4.43. The van der Waals surface area contributed by atoms with E-state index in [1.165, 1.54) is 24.1 Å². The second-order valence-electron chi connectivity index (χ2n) is 9.08. The first kappa shape index (κ1) is 24.3. The zero-order chi connectivity index (χ0) is 21.9. The smallest absolute Gasteiger partial charge is 0.225 e. The third-order valence-corrected chi connectivity index (χ3v) is 9.68. The van der Waals surface area contributed by atoms with Crippen LogP contribution in [0, 0.1) is 5.82 Å². The Hall–Kier alpha value is -1.73. The summed E-state index contributed by atoms with van der Waals surface area (Å²) in [7, 11) is -2.08. The highest BCUT2D eigenvalue weighted by molar-refractivity contribution is 6.74. The number of aromatic nitrogens is 1. The number of carbonyl (C=O) groups excluding carboxylic acids is 1. The summed E-state index contributed by atoms with van der Waals surface area (Å²) in [5, 5.41) is 0.0178. The maximum Gasteiger partial charge on any atom is 0.225 e. The van der Waals surface area contributed by atoms with Crippen molar-refractivity contribution in [3.05, 3.63) is 30.2 Å². The molecule has 0 saturated carbocycles. The van der Waals surface area contributed by atoms with Crippen LogP contribution in [0.1, 0.15) is 54.0 Å². The number of nitrogens with zero attached hydrogens (tertiary/aromatic N) is 2. The van der Waals surface area contributed by atoms with Gasteiger partial charge >= 0.3 is 0 Å². The predicted molar refractivity (Wildman–Crippen MR) is 115 cm³/mol. The molecule has 1 rings (SSSR count). The first-order valence-electron chi connectivity index (χ1n) is 9.58. The summed E-state index contributed by atoms with van der Waals surface area (Å²) < 4.78 is 27.0. The monoisotopic (exact) mass is 410 g/mol. The van der Waals surface area contributed by atoms with E-state index in [4.69, 9.17) is 9.16 Å². The molecular weight excluding hydrogens is 375 g/mol. The van der Waals surface area contributed by atoms with Gasteiger partial charge in [0.05, 0.1) is 24.3 Å².